The smallest absolute Gasteiger partial charge is 0.305 e. The summed E-state index contributed by atoms with van der Waals surface area (Å²) in [6, 6.07) is 1.48. The Bertz CT molecular complexity index is 554. The Morgan fingerprint density at radius 2 is 2.15 bits per heavy atom. The fraction of sp³-hybridized carbons (Fsp3) is 0.462. The molecule has 0 aliphatic rings. The van der Waals surface area contributed by atoms with E-state index < -0.39 is 11.5 Å². The molecule has 0 radical (unpaired) electrons. The molecular formula is C13H17BrN2O4. The van der Waals surface area contributed by atoms with E-state index in [0.29, 0.717) is 29.7 Å². The van der Waals surface area contributed by atoms with Crippen LogP contribution in [-0.2, 0) is 9.53 Å². The zero-order valence-electron chi connectivity index (χ0n) is 11.4. The second kappa shape index (κ2) is 7.84. The Morgan fingerprint density at radius 3 is 2.80 bits per heavy atom. The van der Waals surface area contributed by atoms with Crippen molar-refractivity contribution in [2.75, 3.05) is 13.2 Å². The van der Waals surface area contributed by atoms with E-state index >= 15 is 0 Å². The van der Waals surface area contributed by atoms with Crippen LogP contribution < -0.4 is 10.9 Å². The number of hydrogen-bond donors (Lipinski definition) is 2. The van der Waals surface area contributed by atoms with Crippen LogP contribution in [0.2, 0.25) is 0 Å². The van der Waals surface area contributed by atoms with Gasteiger partial charge in [0.25, 0.3) is 11.5 Å². The summed E-state index contributed by atoms with van der Waals surface area (Å²) in [6.45, 7) is 4.12. The van der Waals surface area contributed by atoms with E-state index in [4.69, 9.17) is 4.74 Å². The predicted octanol–water partition coefficient (Wildman–Crippen LogP) is 1.52. The molecule has 0 fully saturated rings. The van der Waals surface area contributed by atoms with Gasteiger partial charge in [-0.15, -0.1) is 0 Å². The third-order valence-electron chi connectivity index (χ3n) is 2.57. The molecule has 1 aromatic rings. The third kappa shape index (κ3) is 4.80. The summed E-state index contributed by atoms with van der Waals surface area (Å²) < 4.78 is 5.43. The Hall–Kier alpha value is -1.63. The highest BCUT2D eigenvalue weighted by atomic mass is 79.9. The van der Waals surface area contributed by atoms with Crippen molar-refractivity contribution < 1.29 is 14.3 Å². The van der Waals surface area contributed by atoms with Crippen LogP contribution >= 0.6 is 15.9 Å². The van der Waals surface area contributed by atoms with E-state index in [1.165, 1.54) is 6.07 Å². The normalized spacial score (nSPS) is 10.2. The van der Waals surface area contributed by atoms with E-state index in [0.717, 1.165) is 0 Å². The van der Waals surface area contributed by atoms with Gasteiger partial charge in [-0.1, -0.05) is 0 Å². The Balaban J connectivity index is 2.50. The number of carbonyl (C=O) groups excluding carboxylic acids is 2. The van der Waals surface area contributed by atoms with Gasteiger partial charge in [0.2, 0.25) is 0 Å². The van der Waals surface area contributed by atoms with Crippen molar-refractivity contribution in [2.45, 2.75) is 26.7 Å². The molecule has 0 aliphatic heterocycles. The molecule has 20 heavy (non-hydrogen) atoms. The molecule has 1 heterocycles. The van der Waals surface area contributed by atoms with Crippen molar-refractivity contribution in [3.8, 4) is 0 Å². The lowest BCUT2D eigenvalue weighted by molar-refractivity contribution is -0.143. The average Bonchev–Trinajstić information content (AvgIpc) is 2.39. The average molecular weight is 345 g/mol. The number of rotatable bonds is 6. The largest absolute Gasteiger partial charge is 0.466 e. The molecule has 1 rings (SSSR count). The molecule has 6 nitrogen and oxygen atoms in total. The van der Waals surface area contributed by atoms with Crippen LogP contribution in [0, 0.1) is 6.92 Å². The van der Waals surface area contributed by atoms with Crippen molar-refractivity contribution in [3.63, 3.8) is 0 Å². The Labute approximate surface area is 125 Å². The van der Waals surface area contributed by atoms with Gasteiger partial charge in [-0.25, -0.2) is 0 Å². The molecule has 0 unspecified atom stereocenters. The molecule has 2 N–H and O–H groups in total. The van der Waals surface area contributed by atoms with Crippen LogP contribution in [0.15, 0.2) is 15.3 Å². The van der Waals surface area contributed by atoms with Crippen LogP contribution in [0.5, 0.6) is 0 Å². The van der Waals surface area contributed by atoms with E-state index in [-0.39, 0.29) is 18.0 Å². The molecule has 0 aliphatic carbocycles. The van der Waals surface area contributed by atoms with Gasteiger partial charge in [0.15, 0.2) is 0 Å². The number of aromatic amines is 1. The highest BCUT2D eigenvalue weighted by Gasteiger charge is 2.12. The van der Waals surface area contributed by atoms with Crippen molar-refractivity contribution in [1.29, 1.82) is 0 Å². The van der Waals surface area contributed by atoms with Crippen LogP contribution in [-0.4, -0.2) is 30.0 Å². The first kappa shape index (κ1) is 16.4. The van der Waals surface area contributed by atoms with E-state index in [1.54, 1.807) is 13.8 Å². The van der Waals surface area contributed by atoms with Gasteiger partial charge < -0.3 is 15.0 Å². The van der Waals surface area contributed by atoms with Crippen LogP contribution in [0.25, 0.3) is 0 Å². The second-order valence-corrected chi connectivity index (χ2v) is 5.00. The first-order valence-electron chi connectivity index (χ1n) is 6.29. The maximum Gasteiger partial charge on any atom is 0.305 e. The van der Waals surface area contributed by atoms with E-state index in [2.05, 4.69) is 26.2 Å². The number of amides is 1. The second-order valence-electron chi connectivity index (χ2n) is 4.15. The van der Waals surface area contributed by atoms with Crippen LogP contribution in [0.1, 0.15) is 35.8 Å². The lowest BCUT2D eigenvalue weighted by atomic mass is 10.2. The summed E-state index contributed by atoms with van der Waals surface area (Å²) in [6.07, 6.45) is 0.706. The number of carbonyl (C=O) groups is 2. The van der Waals surface area contributed by atoms with Gasteiger partial charge >= 0.3 is 5.97 Å². The molecular weight excluding hydrogens is 328 g/mol. The summed E-state index contributed by atoms with van der Waals surface area (Å²) in [5.41, 5.74) is 0.265. The number of pyridine rings is 1. The van der Waals surface area contributed by atoms with Crippen LogP contribution in [0.3, 0.4) is 0 Å². The van der Waals surface area contributed by atoms with Crippen molar-refractivity contribution in [2.24, 2.45) is 0 Å². The number of aryl methyl sites for hydroxylation is 1. The van der Waals surface area contributed by atoms with Crippen LogP contribution in [0.4, 0.5) is 0 Å². The molecule has 0 atom stereocenters. The first-order chi connectivity index (χ1) is 9.45. The fourth-order valence-electron chi connectivity index (χ4n) is 1.53. The summed E-state index contributed by atoms with van der Waals surface area (Å²) in [7, 11) is 0. The zero-order chi connectivity index (χ0) is 15.1. The summed E-state index contributed by atoms with van der Waals surface area (Å²) in [5, 5.41) is 2.60. The quantitative estimate of drug-likeness (QED) is 0.604. The minimum Gasteiger partial charge on any atom is -0.466 e. The highest BCUT2D eigenvalue weighted by Crippen LogP contribution is 2.12. The maximum absolute atomic E-state index is 11.8. The van der Waals surface area contributed by atoms with Gasteiger partial charge in [0.05, 0.1) is 6.61 Å². The number of nitrogens with one attached hydrogen (secondary N) is 2. The van der Waals surface area contributed by atoms with Gasteiger partial charge in [0, 0.05) is 23.1 Å². The predicted molar refractivity (Wildman–Crippen MR) is 77.7 cm³/mol. The lowest BCUT2D eigenvalue weighted by Crippen LogP contribution is -2.30. The van der Waals surface area contributed by atoms with Crippen molar-refractivity contribution >= 4 is 27.8 Å². The Morgan fingerprint density at radius 1 is 1.45 bits per heavy atom. The number of H-pyrrole nitrogens is 1. The first-order valence-corrected chi connectivity index (χ1v) is 7.08. The summed E-state index contributed by atoms with van der Waals surface area (Å²) in [4.78, 5) is 37.2. The SMILES string of the molecule is CCOC(=O)CCCNC(=O)c1cc(Br)c(C)[nH]c1=O. The molecule has 1 aromatic heterocycles. The molecule has 1 amide bonds. The van der Waals surface area contributed by atoms with Gasteiger partial charge in [-0.05, 0) is 42.3 Å². The molecule has 110 valence electrons. The molecule has 7 heteroatoms. The van der Waals surface area contributed by atoms with E-state index in [9.17, 15) is 14.4 Å². The monoisotopic (exact) mass is 344 g/mol. The minimum atomic E-state index is -0.462. The zero-order valence-corrected chi connectivity index (χ0v) is 13.0. The third-order valence-corrected chi connectivity index (χ3v) is 3.39. The van der Waals surface area contributed by atoms with Gasteiger partial charge in [-0.3, -0.25) is 14.4 Å². The van der Waals surface area contributed by atoms with Crippen molar-refractivity contribution in [3.05, 3.63) is 32.2 Å². The lowest BCUT2D eigenvalue weighted by Gasteiger charge is -2.06. The number of hydrogen-bond acceptors (Lipinski definition) is 4. The maximum atomic E-state index is 11.8. The topological polar surface area (TPSA) is 88.3 Å². The minimum absolute atomic E-state index is 0.0404. The Kier molecular flexibility index (Phi) is 6.44. The number of halogens is 1. The molecule has 0 bridgehead atoms. The van der Waals surface area contributed by atoms with Gasteiger partial charge in [-0.2, -0.15) is 0 Å². The fourth-order valence-corrected chi connectivity index (χ4v) is 1.86. The molecule has 0 aromatic carbocycles. The van der Waals surface area contributed by atoms with Crippen molar-refractivity contribution in [1.82, 2.24) is 10.3 Å². The number of aromatic nitrogens is 1. The van der Waals surface area contributed by atoms with Gasteiger partial charge in [0.1, 0.15) is 5.56 Å². The summed E-state index contributed by atoms with van der Waals surface area (Å²) in [5.74, 6) is -0.756. The molecule has 0 saturated heterocycles. The summed E-state index contributed by atoms with van der Waals surface area (Å²) >= 11 is 3.26. The molecule has 0 spiro atoms. The molecule has 0 saturated carbocycles. The highest BCUT2D eigenvalue weighted by molar-refractivity contribution is 9.10. The number of esters is 1. The number of ether oxygens (including phenoxy) is 1. The van der Waals surface area contributed by atoms with E-state index in [1.807, 2.05) is 0 Å². The standard InChI is InChI=1S/C13H17BrN2O4/c1-3-20-11(17)5-4-6-15-12(18)9-7-10(14)8(2)16-13(9)19/h7H,3-6H2,1-2H3,(H,15,18)(H,16,19).